The standard InChI is InChI=1S/C16H13F4N3O3S/c1-8-2-4-10(7-11(8)17)21-15(24)14-22-12-6-9(16(18,19)20)3-5-13(12)27(25,26)23-14/h2-7,14,22-23H,1H3,(H,21,24)/t14-/m0/s1. The Morgan fingerprint density at radius 2 is 1.85 bits per heavy atom. The summed E-state index contributed by atoms with van der Waals surface area (Å²) in [5.74, 6) is -1.49. The molecular formula is C16H13F4N3O3S. The van der Waals surface area contributed by atoms with Gasteiger partial charge in [0.05, 0.1) is 11.3 Å². The van der Waals surface area contributed by atoms with Crippen LogP contribution >= 0.6 is 0 Å². The molecule has 3 N–H and O–H groups in total. The molecular weight excluding hydrogens is 390 g/mol. The molecule has 0 spiro atoms. The highest BCUT2D eigenvalue weighted by atomic mass is 32.2. The van der Waals surface area contributed by atoms with Gasteiger partial charge in [-0.05, 0) is 42.8 Å². The molecule has 0 unspecified atom stereocenters. The minimum absolute atomic E-state index is 0.0685. The van der Waals surface area contributed by atoms with E-state index in [2.05, 4.69) is 10.6 Å². The maximum atomic E-state index is 13.6. The molecule has 0 bridgehead atoms. The van der Waals surface area contributed by atoms with Crippen LogP contribution in [0.2, 0.25) is 0 Å². The van der Waals surface area contributed by atoms with Crippen LogP contribution < -0.4 is 15.4 Å². The molecule has 0 saturated heterocycles. The number of sulfonamides is 1. The molecule has 0 saturated carbocycles. The number of halogens is 4. The van der Waals surface area contributed by atoms with E-state index in [4.69, 9.17) is 0 Å². The van der Waals surface area contributed by atoms with E-state index in [1.807, 2.05) is 4.72 Å². The summed E-state index contributed by atoms with van der Waals surface area (Å²) in [5.41, 5.74) is -1.01. The summed E-state index contributed by atoms with van der Waals surface area (Å²) in [6, 6.07) is 5.91. The highest BCUT2D eigenvalue weighted by Gasteiger charge is 2.37. The molecule has 0 aliphatic carbocycles. The predicted molar refractivity (Wildman–Crippen MR) is 88.9 cm³/mol. The van der Waals surface area contributed by atoms with Gasteiger partial charge in [-0.25, -0.2) is 12.8 Å². The summed E-state index contributed by atoms with van der Waals surface area (Å²) in [5, 5.41) is 4.72. The molecule has 27 heavy (non-hydrogen) atoms. The molecule has 2 aromatic carbocycles. The van der Waals surface area contributed by atoms with Gasteiger partial charge < -0.3 is 10.6 Å². The van der Waals surface area contributed by atoms with E-state index in [1.165, 1.54) is 19.1 Å². The molecule has 0 fully saturated rings. The molecule has 144 valence electrons. The second-order valence-corrected chi connectivity index (χ2v) is 7.54. The first-order valence-corrected chi connectivity index (χ1v) is 9.03. The highest BCUT2D eigenvalue weighted by Crippen LogP contribution is 2.35. The Morgan fingerprint density at radius 3 is 2.48 bits per heavy atom. The molecule has 1 aliphatic heterocycles. The van der Waals surface area contributed by atoms with Gasteiger partial charge in [0, 0.05) is 5.69 Å². The van der Waals surface area contributed by atoms with Crippen molar-refractivity contribution in [2.75, 3.05) is 10.6 Å². The number of hydrogen-bond acceptors (Lipinski definition) is 4. The number of carbonyl (C=O) groups excluding carboxylic acids is 1. The zero-order chi connectivity index (χ0) is 20.0. The maximum absolute atomic E-state index is 13.6. The van der Waals surface area contributed by atoms with Gasteiger partial charge in [0.2, 0.25) is 10.0 Å². The van der Waals surface area contributed by atoms with Crippen molar-refractivity contribution in [3.8, 4) is 0 Å². The van der Waals surface area contributed by atoms with Crippen LogP contribution in [0.4, 0.5) is 28.9 Å². The Morgan fingerprint density at radius 1 is 1.15 bits per heavy atom. The largest absolute Gasteiger partial charge is 0.416 e. The Hall–Kier alpha value is -2.66. The Labute approximate surface area is 151 Å². The van der Waals surface area contributed by atoms with Crippen LogP contribution in [0.3, 0.4) is 0 Å². The molecule has 1 amide bonds. The monoisotopic (exact) mass is 403 g/mol. The Balaban J connectivity index is 1.89. The minimum atomic E-state index is -4.68. The van der Waals surface area contributed by atoms with E-state index in [0.29, 0.717) is 17.7 Å². The van der Waals surface area contributed by atoms with E-state index < -0.39 is 44.5 Å². The van der Waals surface area contributed by atoms with E-state index in [0.717, 1.165) is 12.1 Å². The number of fused-ring (bicyclic) bond motifs is 1. The lowest BCUT2D eigenvalue weighted by Crippen LogP contribution is -2.51. The number of anilines is 2. The third kappa shape index (κ3) is 3.88. The summed E-state index contributed by atoms with van der Waals surface area (Å²) < 4.78 is 78.6. The van der Waals surface area contributed by atoms with Crippen molar-refractivity contribution in [3.63, 3.8) is 0 Å². The molecule has 0 aromatic heterocycles. The average Bonchev–Trinajstić information content (AvgIpc) is 2.56. The van der Waals surface area contributed by atoms with Gasteiger partial charge in [-0.3, -0.25) is 4.79 Å². The topological polar surface area (TPSA) is 87.3 Å². The van der Waals surface area contributed by atoms with Gasteiger partial charge >= 0.3 is 6.18 Å². The molecule has 3 rings (SSSR count). The second-order valence-electron chi connectivity index (χ2n) is 5.86. The Kier molecular flexibility index (Phi) is 4.60. The third-order valence-corrected chi connectivity index (χ3v) is 5.35. The van der Waals surface area contributed by atoms with E-state index in [9.17, 15) is 30.8 Å². The van der Waals surface area contributed by atoms with Gasteiger partial charge in [-0.2, -0.15) is 17.9 Å². The first-order chi connectivity index (χ1) is 12.5. The number of aryl methyl sites for hydroxylation is 1. The lowest BCUT2D eigenvalue weighted by atomic mass is 10.2. The number of amides is 1. The molecule has 1 heterocycles. The number of rotatable bonds is 2. The van der Waals surface area contributed by atoms with E-state index in [1.54, 1.807) is 0 Å². The van der Waals surface area contributed by atoms with Crippen molar-refractivity contribution in [2.45, 2.75) is 24.2 Å². The quantitative estimate of drug-likeness (QED) is 0.673. The number of hydrogen-bond donors (Lipinski definition) is 3. The van der Waals surface area contributed by atoms with Gasteiger partial charge in [-0.15, -0.1) is 0 Å². The van der Waals surface area contributed by atoms with Gasteiger partial charge in [0.25, 0.3) is 5.91 Å². The lowest BCUT2D eigenvalue weighted by Gasteiger charge is -2.27. The molecule has 0 radical (unpaired) electrons. The molecule has 11 heteroatoms. The van der Waals surface area contributed by atoms with Crippen molar-refractivity contribution < 1.29 is 30.8 Å². The maximum Gasteiger partial charge on any atom is 0.416 e. The average molecular weight is 403 g/mol. The van der Waals surface area contributed by atoms with Crippen molar-refractivity contribution in [1.82, 2.24) is 4.72 Å². The fourth-order valence-electron chi connectivity index (χ4n) is 2.46. The predicted octanol–water partition coefficient (Wildman–Crippen LogP) is 2.82. The lowest BCUT2D eigenvalue weighted by molar-refractivity contribution is -0.137. The minimum Gasteiger partial charge on any atom is -0.360 e. The van der Waals surface area contributed by atoms with Crippen LogP contribution in [-0.2, 0) is 21.0 Å². The summed E-state index contributed by atoms with van der Waals surface area (Å²) in [6.07, 6.45) is -6.25. The smallest absolute Gasteiger partial charge is 0.360 e. The zero-order valence-corrected chi connectivity index (χ0v) is 14.5. The van der Waals surface area contributed by atoms with Gasteiger partial charge in [-0.1, -0.05) is 6.07 Å². The van der Waals surface area contributed by atoms with E-state index >= 15 is 0 Å². The molecule has 2 aromatic rings. The van der Waals surface area contributed by atoms with Crippen molar-refractivity contribution in [1.29, 1.82) is 0 Å². The third-order valence-electron chi connectivity index (χ3n) is 3.87. The van der Waals surface area contributed by atoms with Crippen LogP contribution in [0.25, 0.3) is 0 Å². The first-order valence-electron chi connectivity index (χ1n) is 7.54. The van der Waals surface area contributed by atoms with Crippen LogP contribution in [0.15, 0.2) is 41.3 Å². The molecule has 6 nitrogen and oxygen atoms in total. The number of benzene rings is 2. The van der Waals surface area contributed by atoms with E-state index in [-0.39, 0.29) is 11.4 Å². The molecule has 1 atom stereocenters. The van der Waals surface area contributed by atoms with Crippen LogP contribution in [0.5, 0.6) is 0 Å². The fraction of sp³-hybridized carbons (Fsp3) is 0.188. The van der Waals surface area contributed by atoms with Crippen LogP contribution in [0.1, 0.15) is 11.1 Å². The summed E-state index contributed by atoms with van der Waals surface area (Å²) in [7, 11) is -4.22. The van der Waals surface area contributed by atoms with Gasteiger partial charge in [0.15, 0.2) is 6.17 Å². The summed E-state index contributed by atoms with van der Waals surface area (Å²) in [6.45, 7) is 1.52. The fourth-order valence-corrected chi connectivity index (χ4v) is 3.72. The molecule has 1 aliphatic rings. The zero-order valence-electron chi connectivity index (χ0n) is 13.7. The van der Waals surface area contributed by atoms with Crippen LogP contribution in [-0.4, -0.2) is 20.5 Å². The normalized spacial score (nSPS) is 18.3. The van der Waals surface area contributed by atoms with Crippen molar-refractivity contribution in [3.05, 3.63) is 53.3 Å². The SMILES string of the molecule is Cc1ccc(NC(=O)[C@H]2Nc3cc(C(F)(F)F)ccc3S(=O)(=O)N2)cc1F. The Bertz CT molecular complexity index is 1020. The first kappa shape index (κ1) is 19.1. The number of nitrogens with one attached hydrogen (secondary N) is 3. The summed E-state index contributed by atoms with van der Waals surface area (Å²) in [4.78, 5) is 11.9. The second kappa shape index (κ2) is 6.50. The van der Waals surface area contributed by atoms with Gasteiger partial charge in [0.1, 0.15) is 10.7 Å². The number of alkyl halides is 3. The van der Waals surface area contributed by atoms with Crippen molar-refractivity contribution in [2.24, 2.45) is 0 Å². The van der Waals surface area contributed by atoms with Crippen LogP contribution in [0, 0.1) is 12.7 Å². The van der Waals surface area contributed by atoms with Crippen molar-refractivity contribution >= 4 is 27.3 Å². The summed E-state index contributed by atoms with van der Waals surface area (Å²) >= 11 is 0. The highest BCUT2D eigenvalue weighted by molar-refractivity contribution is 7.89. The number of carbonyl (C=O) groups is 1.